The standard InChI is InChI=1S/C18H19F2N5O/c19-13-2-1-3-14(20)17(13)21-18(26)25-10-8-24(9-11-25)16-7-6-15(22-23-16)12-4-5-12/h1-3,6-7,12H,4-5,8-11H2,(H,21,26). The average Bonchev–Trinajstić information content (AvgIpc) is 3.50. The number of carbonyl (C=O) groups is 1. The first-order chi connectivity index (χ1) is 12.6. The molecule has 1 N–H and O–H groups in total. The minimum Gasteiger partial charge on any atom is -0.352 e. The van der Waals surface area contributed by atoms with E-state index in [-0.39, 0.29) is 0 Å². The lowest BCUT2D eigenvalue weighted by Crippen LogP contribution is -2.50. The molecule has 1 saturated carbocycles. The summed E-state index contributed by atoms with van der Waals surface area (Å²) in [4.78, 5) is 15.9. The monoisotopic (exact) mass is 359 g/mol. The van der Waals surface area contributed by atoms with Gasteiger partial charge in [0.2, 0.25) is 0 Å². The van der Waals surface area contributed by atoms with Crippen LogP contribution in [0.3, 0.4) is 0 Å². The van der Waals surface area contributed by atoms with E-state index in [4.69, 9.17) is 0 Å². The van der Waals surface area contributed by atoms with Crippen LogP contribution in [0.2, 0.25) is 0 Å². The van der Waals surface area contributed by atoms with E-state index in [1.807, 2.05) is 12.1 Å². The highest BCUT2D eigenvalue weighted by Crippen LogP contribution is 2.38. The maximum atomic E-state index is 13.7. The fourth-order valence-corrected chi connectivity index (χ4v) is 3.04. The molecule has 1 aromatic heterocycles. The fraction of sp³-hybridized carbons (Fsp3) is 0.389. The second kappa shape index (κ2) is 6.86. The van der Waals surface area contributed by atoms with Crippen LogP contribution in [0.5, 0.6) is 0 Å². The number of rotatable bonds is 3. The van der Waals surface area contributed by atoms with Crippen LogP contribution in [-0.4, -0.2) is 47.3 Å². The normalized spacial score (nSPS) is 17.3. The molecule has 0 radical (unpaired) electrons. The number of nitrogens with zero attached hydrogens (tertiary/aromatic N) is 4. The Labute approximate surface area is 149 Å². The molecule has 2 heterocycles. The van der Waals surface area contributed by atoms with Gasteiger partial charge in [0, 0.05) is 32.1 Å². The predicted molar refractivity (Wildman–Crippen MR) is 93.2 cm³/mol. The molecule has 0 spiro atoms. The van der Waals surface area contributed by atoms with Gasteiger partial charge in [0.1, 0.15) is 17.3 Å². The lowest BCUT2D eigenvalue weighted by molar-refractivity contribution is 0.207. The fourth-order valence-electron chi connectivity index (χ4n) is 3.04. The van der Waals surface area contributed by atoms with Crippen molar-refractivity contribution in [3.63, 3.8) is 0 Å². The molecule has 0 atom stereocenters. The molecular weight excluding hydrogens is 340 g/mol. The number of amides is 2. The van der Waals surface area contributed by atoms with E-state index in [1.165, 1.54) is 23.8 Å². The molecule has 1 aliphatic heterocycles. The zero-order valence-corrected chi connectivity index (χ0v) is 14.2. The van der Waals surface area contributed by atoms with Crippen LogP contribution in [0, 0.1) is 11.6 Å². The molecule has 2 aliphatic rings. The summed E-state index contributed by atoms with van der Waals surface area (Å²) in [6.07, 6.45) is 2.37. The van der Waals surface area contributed by atoms with E-state index in [2.05, 4.69) is 20.4 Å². The lowest BCUT2D eigenvalue weighted by Gasteiger charge is -2.35. The van der Waals surface area contributed by atoms with Gasteiger partial charge < -0.3 is 15.1 Å². The molecule has 136 valence electrons. The Bertz CT molecular complexity index is 781. The Morgan fingerprint density at radius 1 is 1.00 bits per heavy atom. The number of nitrogens with one attached hydrogen (secondary N) is 1. The van der Waals surface area contributed by atoms with Crippen LogP contribution in [-0.2, 0) is 0 Å². The van der Waals surface area contributed by atoms with Gasteiger partial charge in [-0.15, -0.1) is 5.10 Å². The zero-order valence-electron chi connectivity index (χ0n) is 14.2. The summed E-state index contributed by atoms with van der Waals surface area (Å²) in [7, 11) is 0. The molecule has 8 heteroatoms. The first-order valence-corrected chi connectivity index (χ1v) is 8.70. The van der Waals surface area contributed by atoms with Crippen LogP contribution in [0.25, 0.3) is 0 Å². The number of carbonyl (C=O) groups excluding carboxylic acids is 1. The highest BCUT2D eigenvalue weighted by Gasteiger charge is 2.27. The molecule has 4 rings (SSSR count). The molecule has 1 aromatic carbocycles. The zero-order chi connectivity index (χ0) is 18.1. The number of benzene rings is 1. The van der Waals surface area contributed by atoms with Crippen LogP contribution in [0.4, 0.5) is 25.1 Å². The van der Waals surface area contributed by atoms with E-state index < -0.39 is 23.4 Å². The topological polar surface area (TPSA) is 61.4 Å². The second-order valence-electron chi connectivity index (χ2n) is 6.59. The van der Waals surface area contributed by atoms with Crippen molar-refractivity contribution in [1.29, 1.82) is 0 Å². The maximum Gasteiger partial charge on any atom is 0.322 e. The van der Waals surface area contributed by atoms with Crippen molar-refractivity contribution in [2.45, 2.75) is 18.8 Å². The van der Waals surface area contributed by atoms with Crippen molar-refractivity contribution in [1.82, 2.24) is 15.1 Å². The number of hydrogen-bond donors (Lipinski definition) is 1. The Hall–Kier alpha value is -2.77. The number of piperazine rings is 1. The van der Waals surface area contributed by atoms with Crippen molar-refractivity contribution < 1.29 is 13.6 Å². The number of anilines is 2. The summed E-state index contributed by atoms with van der Waals surface area (Å²) < 4.78 is 27.3. The Morgan fingerprint density at radius 2 is 1.69 bits per heavy atom. The average molecular weight is 359 g/mol. The van der Waals surface area contributed by atoms with Crippen LogP contribution < -0.4 is 10.2 Å². The lowest BCUT2D eigenvalue weighted by atomic mass is 10.2. The van der Waals surface area contributed by atoms with E-state index in [1.54, 1.807) is 0 Å². The minimum atomic E-state index is -0.789. The molecule has 6 nitrogen and oxygen atoms in total. The van der Waals surface area contributed by atoms with Crippen molar-refractivity contribution in [3.8, 4) is 0 Å². The third-order valence-corrected chi connectivity index (χ3v) is 4.75. The summed E-state index contributed by atoms with van der Waals surface area (Å²) in [6, 6.07) is 6.95. The minimum absolute atomic E-state index is 0.415. The van der Waals surface area contributed by atoms with Gasteiger partial charge in [-0.3, -0.25) is 0 Å². The quantitative estimate of drug-likeness (QED) is 0.915. The van der Waals surface area contributed by atoms with Crippen molar-refractivity contribution in [3.05, 3.63) is 47.7 Å². The van der Waals surface area contributed by atoms with Crippen molar-refractivity contribution in [2.75, 3.05) is 36.4 Å². The molecule has 2 amide bonds. The summed E-state index contributed by atoms with van der Waals surface area (Å²) >= 11 is 0. The first kappa shape index (κ1) is 16.7. The maximum absolute atomic E-state index is 13.7. The third-order valence-electron chi connectivity index (χ3n) is 4.75. The number of halogens is 2. The SMILES string of the molecule is O=C(Nc1c(F)cccc1F)N1CCN(c2ccc(C3CC3)nn2)CC1. The first-order valence-electron chi connectivity index (χ1n) is 8.70. The molecule has 0 unspecified atom stereocenters. The Balaban J connectivity index is 1.34. The second-order valence-corrected chi connectivity index (χ2v) is 6.59. The smallest absolute Gasteiger partial charge is 0.322 e. The molecule has 1 saturated heterocycles. The molecule has 2 aromatic rings. The van der Waals surface area contributed by atoms with Gasteiger partial charge >= 0.3 is 6.03 Å². The van der Waals surface area contributed by atoms with Gasteiger partial charge in [-0.1, -0.05) is 6.07 Å². The summed E-state index contributed by atoms with van der Waals surface area (Å²) in [6.45, 7) is 2.05. The van der Waals surface area contributed by atoms with Crippen LogP contribution in [0.15, 0.2) is 30.3 Å². The van der Waals surface area contributed by atoms with Gasteiger partial charge in [0.25, 0.3) is 0 Å². The summed E-state index contributed by atoms with van der Waals surface area (Å²) in [5.74, 6) is -0.225. The van der Waals surface area contributed by atoms with Gasteiger partial charge in [-0.25, -0.2) is 13.6 Å². The summed E-state index contributed by atoms with van der Waals surface area (Å²) in [5.41, 5.74) is 0.625. The number of para-hydroxylation sites is 1. The number of aromatic nitrogens is 2. The largest absolute Gasteiger partial charge is 0.352 e. The van der Waals surface area contributed by atoms with Crippen LogP contribution >= 0.6 is 0 Å². The summed E-state index contributed by atoms with van der Waals surface area (Å²) in [5, 5.41) is 10.9. The molecule has 1 aliphatic carbocycles. The van der Waals surface area contributed by atoms with Gasteiger partial charge in [0.05, 0.1) is 5.69 Å². The van der Waals surface area contributed by atoms with E-state index >= 15 is 0 Å². The molecule has 26 heavy (non-hydrogen) atoms. The van der Waals surface area contributed by atoms with Gasteiger partial charge in [0.15, 0.2) is 5.82 Å². The van der Waals surface area contributed by atoms with E-state index in [9.17, 15) is 13.6 Å². The van der Waals surface area contributed by atoms with E-state index in [0.29, 0.717) is 32.1 Å². The number of hydrogen-bond acceptors (Lipinski definition) is 4. The molecular formula is C18H19F2N5O. The van der Waals surface area contributed by atoms with E-state index in [0.717, 1.165) is 23.6 Å². The van der Waals surface area contributed by atoms with Crippen molar-refractivity contribution >= 4 is 17.5 Å². The molecule has 0 bridgehead atoms. The highest BCUT2D eigenvalue weighted by atomic mass is 19.1. The number of urea groups is 1. The Morgan fingerprint density at radius 3 is 2.27 bits per heavy atom. The van der Waals surface area contributed by atoms with Crippen LogP contribution in [0.1, 0.15) is 24.5 Å². The van der Waals surface area contributed by atoms with Crippen molar-refractivity contribution in [2.24, 2.45) is 0 Å². The van der Waals surface area contributed by atoms with Gasteiger partial charge in [-0.2, -0.15) is 5.10 Å². The highest BCUT2D eigenvalue weighted by molar-refractivity contribution is 5.89. The predicted octanol–water partition coefficient (Wildman–Crippen LogP) is 2.99. The van der Waals surface area contributed by atoms with Gasteiger partial charge in [-0.05, 0) is 37.1 Å². The Kier molecular flexibility index (Phi) is 4.40. The molecule has 2 fully saturated rings. The third kappa shape index (κ3) is 3.44.